The Morgan fingerprint density at radius 3 is 2.00 bits per heavy atom. The number of rotatable bonds is 0. The number of halogens is 1. The van der Waals surface area contributed by atoms with Gasteiger partial charge < -0.3 is 0 Å². The van der Waals surface area contributed by atoms with Crippen LogP contribution < -0.4 is 0 Å². The topological polar surface area (TPSA) is 0 Å². The van der Waals surface area contributed by atoms with Gasteiger partial charge in [-0.1, -0.05) is 37.6 Å². The molecular formula is C10H15Cl. The molecule has 0 atom stereocenters. The van der Waals surface area contributed by atoms with Crippen LogP contribution in [0.2, 0.25) is 5.02 Å². The summed E-state index contributed by atoms with van der Waals surface area (Å²) < 4.78 is 0. The van der Waals surface area contributed by atoms with E-state index in [2.05, 4.69) is 6.07 Å². The van der Waals surface area contributed by atoms with Crippen molar-refractivity contribution < 1.29 is 0 Å². The highest BCUT2D eigenvalue weighted by atomic mass is 35.5. The van der Waals surface area contributed by atoms with Crippen molar-refractivity contribution in [2.24, 2.45) is 0 Å². The van der Waals surface area contributed by atoms with Crippen LogP contribution in [-0.2, 0) is 0 Å². The Labute approximate surface area is 74.2 Å². The predicted molar refractivity (Wildman–Crippen MR) is 52.3 cm³/mol. The number of benzene rings is 1. The van der Waals surface area contributed by atoms with Gasteiger partial charge in [-0.2, -0.15) is 0 Å². The Bertz CT molecular complexity index is 216. The van der Waals surface area contributed by atoms with E-state index in [-0.39, 0.29) is 0 Å². The highest BCUT2D eigenvalue weighted by Crippen LogP contribution is 2.15. The molecule has 0 aliphatic heterocycles. The van der Waals surface area contributed by atoms with E-state index in [1.165, 1.54) is 5.56 Å². The van der Waals surface area contributed by atoms with Crippen molar-refractivity contribution >= 4 is 11.6 Å². The third-order valence-electron chi connectivity index (χ3n) is 1.33. The van der Waals surface area contributed by atoms with Crippen molar-refractivity contribution in [3.05, 3.63) is 34.3 Å². The zero-order valence-electron chi connectivity index (χ0n) is 7.61. The van der Waals surface area contributed by atoms with Crippen LogP contribution in [-0.4, -0.2) is 0 Å². The van der Waals surface area contributed by atoms with Gasteiger partial charge in [-0.3, -0.25) is 0 Å². The van der Waals surface area contributed by atoms with Gasteiger partial charge in [-0.25, -0.2) is 0 Å². The van der Waals surface area contributed by atoms with Crippen molar-refractivity contribution in [1.29, 1.82) is 0 Å². The van der Waals surface area contributed by atoms with E-state index in [4.69, 9.17) is 11.6 Å². The largest absolute Gasteiger partial charge is 0.0840 e. The summed E-state index contributed by atoms with van der Waals surface area (Å²) >= 11 is 5.81. The lowest BCUT2D eigenvalue weighted by Crippen LogP contribution is -1.75. The smallest absolute Gasteiger partial charge is 0.0437 e. The molecule has 0 aliphatic rings. The second kappa shape index (κ2) is 5.20. The summed E-state index contributed by atoms with van der Waals surface area (Å²) in [5, 5.41) is 0.856. The molecule has 0 saturated heterocycles. The number of aryl methyl sites for hydroxylation is 2. The fourth-order valence-corrected chi connectivity index (χ4v) is 0.933. The fraction of sp³-hybridized carbons (Fsp3) is 0.400. The predicted octanol–water partition coefficient (Wildman–Crippen LogP) is 3.98. The summed E-state index contributed by atoms with van der Waals surface area (Å²) in [5.74, 6) is 0. The standard InChI is InChI=1S/C8H9Cl.C2H6/c1-6-3-4-7(2)8(9)5-6;1-2/h3-5H,1-2H3;1-2H3. The molecule has 1 aromatic carbocycles. The molecule has 0 fully saturated rings. The van der Waals surface area contributed by atoms with E-state index < -0.39 is 0 Å². The van der Waals surface area contributed by atoms with Gasteiger partial charge in [0, 0.05) is 5.02 Å². The minimum absolute atomic E-state index is 0.856. The summed E-state index contributed by atoms with van der Waals surface area (Å²) in [6, 6.07) is 6.05. The minimum atomic E-state index is 0.856. The molecule has 0 heterocycles. The maximum absolute atomic E-state index is 5.81. The SMILES string of the molecule is CC.Cc1ccc(C)c(Cl)c1. The van der Waals surface area contributed by atoms with Gasteiger partial charge in [0.25, 0.3) is 0 Å². The summed E-state index contributed by atoms with van der Waals surface area (Å²) in [7, 11) is 0. The maximum atomic E-state index is 5.81. The monoisotopic (exact) mass is 170 g/mol. The number of hydrogen-bond donors (Lipinski definition) is 0. The lowest BCUT2D eigenvalue weighted by atomic mass is 10.2. The molecule has 11 heavy (non-hydrogen) atoms. The quantitative estimate of drug-likeness (QED) is 0.553. The highest BCUT2D eigenvalue weighted by Gasteiger charge is 1.91. The molecule has 0 aromatic heterocycles. The van der Waals surface area contributed by atoms with Crippen LogP contribution in [0.25, 0.3) is 0 Å². The van der Waals surface area contributed by atoms with Gasteiger partial charge in [-0.05, 0) is 31.0 Å². The van der Waals surface area contributed by atoms with Crippen molar-refractivity contribution in [1.82, 2.24) is 0 Å². The van der Waals surface area contributed by atoms with Gasteiger partial charge >= 0.3 is 0 Å². The molecule has 0 spiro atoms. The summed E-state index contributed by atoms with van der Waals surface area (Å²) in [6.45, 7) is 8.03. The summed E-state index contributed by atoms with van der Waals surface area (Å²) in [6.07, 6.45) is 0. The molecule has 0 saturated carbocycles. The Hall–Kier alpha value is -0.490. The minimum Gasteiger partial charge on any atom is -0.0840 e. The van der Waals surface area contributed by atoms with Gasteiger partial charge in [0.2, 0.25) is 0 Å². The molecule has 1 aromatic rings. The molecule has 0 radical (unpaired) electrons. The first-order valence-electron chi connectivity index (χ1n) is 3.93. The highest BCUT2D eigenvalue weighted by molar-refractivity contribution is 6.31. The van der Waals surface area contributed by atoms with E-state index in [1.807, 2.05) is 39.8 Å². The van der Waals surface area contributed by atoms with Gasteiger partial charge in [0.1, 0.15) is 0 Å². The number of hydrogen-bond acceptors (Lipinski definition) is 0. The second-order valence-corrected chi connectivity index (χ2v) is 2.66. The molecular weight excluding hydrogens is 156 g/mol. The lowest BCUT2D eigenvalue weighted by Gasteiger charge is -1.96. The van der Waals surface area contributed by atoms with Crippen LogP contribution in [0.15, 0.2) is 18.2 Å². The lowest BCUT2D eigenvalue weighted by molar-refractivity contribution is 1.40. The van der Waals surface area contributed by atoms with E-state index in [0.29, 0.717) is 0 Å². The molecule has 0 aliphatic carbocycles. The molecule has 0 unspecified atom stereocenters. The Morgan fingerprint density at radius 2 is 1.64 bits per heavy atom. The summed E-state index contributed by atoms with van der Waals surface area (Å²) in [5.41, 5.74) is 2.35. The summed E-state index contributed by atoms with van der Waals surface area (Å²) in [4.78, 5) is 0. The molecule has 0 amide bonds. The first-order chi connectivity index (χ1) is 5.20. The van der Waals surface area contributed by atoms with Crippen molar-refractivity contribution in [2.45, 2.75) is 27.7 Å². The van der Waals surface area contributed by atoms with E-state index in [0.717, 1.165) is 10.6 Å². The van der Waals surface area contributed by atoms with Crippen LogP contribution in [0, 0.1) is 13.8 Å². The van der Waals surface area contributed by atoms with Crippen LogP contribution in [0.4, 0.5) is 0 Å². The molecule has 62 valence electrons. The van der Waals surface area contributed by atoms with Crippen LogP contribution in [0.1, 0.15) is 25.0 Å². The fourth-order valence-electron chi connectivity index (χ4n) is 0.698. The Morgan fingerprint density at radius 1 is 1.09 bits per heavy atom. The average Bonchev–Trinajstić information content (AvgIpc) is 2.02. The van der Waals surface area contributed by atoms with Crippen molar-refractivity contribution in [3.63, 3.8) is 0 Å². The normalized spacial score (nSPS) is 8.45. The van der Waals surface area contributed by atoms with Gasteiger partial charge in [-0.15, -0.1) is 0 Å². The zero-order chi connectivity index (χ0) is 8.85. The molecule has 0 bridgehead atoms. The van der Waals surface area contributed by atoms with E-state index >= 15 is 0 Å². The maximum Gasteiger partial charge on any atom is 0.0437 e. The zero-order valence-corrected chi connectivity index (χ0v) is 8.37. The second-order valence-electron chi connectivity index (χ2n) is 2.25. The van der Waals surface area contributed by atoms with Crippen molar-refractivity contribution in [2.75, 3.05) is 0 Å². The third kappa shape index (κ3) is 3.43. The van der Waals surface area contributed by atoms with E-state index in [9.17, 15) is 0 Å². The first-order valence-corrected chi connectivity index (χ1v) is 4.30. The van der Waals surface area contributed by atoms with E-state index in [1.54, 1.807) is 0 Å². The van der Waals surface area contributed by atoms with Gasteiger partial charge in [0.15, 0.2) is 0 Å². The first kappa shape index (κ1) is 10.5. The van der Waals surface area contributed by atoms with Crippen LogP contribution >= 0.6 is 11.6 Å². The molecule has 0 N–H and O–H groups in total. The average molecular weight is 171 g/mol. The molecule has 1 rings (SSSR count). The van der Waals surface area contributed by atoms with Crippen LogP contribution in [0.5, 0.6) is 0 Å². The molecule has 0 nitrogen and oxygen atoms in total. The Balaban J connectivity index is 0.000000461. The third-order valence-corrected chi connectivity index (χ3v) is 1.73. The molecule has 1 heteroatoms. The van der Waals surface area contributed by atoms with Crippen LogP contribution in [0.3, 0.4) is 0 Å². The Kier molecular flexibility index (Phi) is 4.97. The van der Waals surface area contributed by atoms with Gasteiger partial charge in [0.05, 0.1) is 0 Å². The van der Waals surface area contributed by atoms with Crippen molar-refractivity contribution in [3.8, 4) is 0 Å².